The number of halogens is 1. The molecule has 0 saturated carbocycles. The first-order valence-electron chi connectivity index (χ1n) is 9.16. The van der Waals surface area contributed by atoms with E-state index in [1.807, 2.05) is 13.0 Å². The van der Waals surface area contributed by atoms with Crippen LogP contribution in [0.25, 0.3) is 0 Å². The zero-order chi connectivity index (χ0) is 21.9. The van der Waals surface area contributed by atoms with Gasteiger partial charge in [0.25, 0.3) is 5.91 Å². The monoisotopic (exact) mass is 497 g/mol. The summed E-state index contributed by atoms with van der Waals surface area (Å²) in [7, 11) is -3.80. The van der Waals surface area contributed by atoms with Crippen LogP contribution in [-0.2, 0) is 14.8 Å². The summed E-state index contributed by atoms with van der Waals surface area (Å²) in [6.07, 6.45) is 1.52. The summed E-state index contributed by atoms with van der Waals surface area (Å²) < 4.78 is 32.8. The molecule has 0 spiro atoms. The van der Waals surface area contributed by atoms with Gasteiger partial charge in [-0.2, -0.15) is 4.31 Å². The smallest absolute Gasteiger partial charge is 0.312 e. The number of amides is 1. The van der Waals surface area contributed by atoms with Gasteiger partial charge in [-0.3, -0.25) is 14.9 Å². The number of nitrogens with zero attached hydrogens (tertiary/aromatic N) is 2. The van der Waals surface area contributed by atoms with Crippen LogP contribution in [0.5, 0.6) is 5.75 Å². The average Bonchev–Trinajstić information content (AvgIpc) is 3.24. The van der Waals surface area contributed by atoms with E-state index in [1.165, 1.54) is 16.4 Å². The van der Waals surface area contributed by atoms with Crippen LogP contribution in [0.15, 0.2) is 45.8 Å². The Bertz CT molecular complexity index is 1080. The molecule has 0 radical (unpaired) electrons. The van der Waals surface area contributed by atoms with Crippen LogP contribution in [0.3, 0.4) is 0 Å². The lowest BCUT2D eigenvalue weighted by molar-refractivity contribution is -0.386. The Hall–Kier alpha value is -2.50. The SMILES string of the molecule is Cc1cc(Br)ccc1NC(=O)COc1ccc(S(=O)(=O)N2CCCC2)cc1[N+](=O)[O-]. The fourth-order valence-electron chi connectivity index (χ4n) is 3.10. The summed E-state index contributed by atoms with van der Waals surface area (Å²) in [4.78, 5) is 22.7. The molecule has 0 atom stereocenters. The predicted octanol–water partition coefficient (Wildman–Crippen LogP) is 3.47. The lowest BCUT2D eigenvalue weighted by Crippen LogP contribution is -2.28. The number of aryl methyl sites for hydroxylation is 1. The first-order valence-corrected chi connectivity index (χ1v) is 11.4. The Kier molecular flexibility index (Phi) is 6.74. The molecule has 1 saturated heterocycles. The van der Waals surface area contributed by atoms with Crippen LogP contribution in [0.4, 0.5) is 11.4 Å². The highest BCUT2D eigenvalue weighted by atomic mass is 79.9. The molecule has 0 unspecified atom stereocenters. The Balaban J connectivity index is 1.74. The summed E-state index contributed by atoms with van der Waals surface area (Å²) in [6, 6.07) is 8.76. The minimum absolute atomic E-state index is 0.168. The molecule has 1 heterocycles. The first-order chi connectivity index (χ1) is 14.2. The van der Waals surface area contributed by atoms with Crippen LogP contribution >= 0.6 is 15.9 Å². The summed E-state index contributed by atoms with van der Waals surface area (Å²) >= 11 is 3.34. The number of nitro groups is 1. The largest absolute Gasteiger partial charge is 0.477 e. The van der Waals surface area contributed by atoms with Crippen molar-refractivity contribution in [2.24, 2.45) is 0 Å². The molecule has 0 bridgehead atoms. The van der Waals surface area contributed by atoms with E-state index in [0.717, 1.165) is 28.9 Å². The first kappa shape index (κ1) is 22.2. The van der Waals surface area contributed by atoms with Crippen LogP contribution in [0, 0.1) is 17.0 Å². The van der Waals surface area contributed by atoms with Crippen LogP contribution in [0.2, 0.25) is 0 Å². The van der Waals surface area contributed by atoms with Gasteiger partial charge in [-0.1, -0.05) is 15.9 Å². The van der Waals surface area contributed by atoms with Crippen LogP contribution < -0.4 is 10.1 Å². The van der Waals surface area contributed by atoms with Crippen LogP contribution in [0.1, 0.15) is 18.4 Å². The Morgan fingerprint density at radius 3 is 2.57 bits per heavy atom. The van der Waals surface area contributed by atoms with Gasteiger partial charge in [0.15, 0.2) is 12.4 Å². The standard InChI is InChI=1S/C19H20BrN3O6S/c1-13-10-14(20)4-6-16(13)21-19(24)12-29-18-7-5-15(11-17(18)23(25)26)30(27,28)22-8-2-3-9-22/h4-7,10-11H,2-3,8-9,12H2,1H3,(H,21,24). The predicted molar refractivity (Wildman–Crippen MR) is 114 cm³/mol. The molecule has 1 aliphatic rings. The maximum Gasteiger partial charge on any atom is 0.312 e. The topological polar surface area (TPSA) is 119 Å². The molecule has 30 heavy (non-hydrogen) atoms. The van der Waals surface area contributed by atoms with E-state index in [0.29, 0.717) is 18.8 Å². The number of hydrogen-bond donors (Lipinski definition) is 1. The third kappa shape index (κ3) is 4.97. The molecule has 2 aromatic rings. The van der Waals surface area contributed by atoms with E-state index in [9.17, 15) is 23.3 Å². The minimum atomic E-state index is -3.80. The molecular formula is C19H20BrN3O6S. The molecule has 9 nitrogen and oxygen atoms in total. The van der Waals surface area contributed by atoms with Crippen molar-refractivity contribution >= 4 is 43.2 Å². The number of sulfonamides is 1. The van der Waals surface area contributed by atoms with E-state index in [2.05, 4.69) is 21.2 Å². The number of ether oxygens (including phenoxy) is 1. The van der Waals surface area contributed by atoms with Gasteiger partial charge < -0.3 is 10.1 Å². The van der Waals surface area contributed by atoms with Crippen molar-refractivity contribution in [2.45, 2.75) is 24.7 Å². The maximum atomic E-state index is 12.6. The van der Waals surface area contributed by atoms with Crippen molar-refractivity contribution in [1.29, 1.82) is 0 Å². The van der Waals surface area contributed by atoms with E-state index >= 15 is 0 Å². The molecule has 1 N–H and O–H groups in total. The lowest BCUT2D eigenvalue weighted by Gasteiger charge is -2.16. The average molecular weight is 498 g/mol. The highest BCUT2D eigenvalue weighted by Crippen LogP contribution is 2.32. The molecule has 3 rings (SSSR count). The van der Waals surface area contributed by atoms with Crippen molar-refractivity contribution in [3.05, 3.63) is 56.5 Å². The molecule has 160 valence electrons. The van der Waals surface area contributed by atoms with Gasteiger partial charge in [0.2, 0.25) is 10.0 Å². The lowest BCUT2D eigenvalue weighted by atomic mass is 10.2. The zero-order valence-corrected chi connectivity index (χ0v) is 18.5. The normalized spacial score (nSPS) is 14.5. The number of carbonyl (C=O) groups is 1. The third-order valence-electron chi connectivity index (χ3n) is 4.65. The van der Waals surface area contributed by atoms with Crippen molar-refractivity contribution in [2.75, 3.05) is 25.0 Å². The molecule has 1 amide bonds. The molecule has 0 aromatic heterocycles. The summed E-state index contributed by atoms with van der Waals surface area (Å²) in [5.74, 6) is -0.675. The van der Waals surface area contributed by atoms with E-state index in [4.69, 9.17) is 4.74 Å². The maximum absolute atomic E-state index is 12.6. The zero-order valence-electron chi connectivity index (χ0n) is 16.1. The number of carbonyl (C=O) groups excluding carboxylic acids is 1. The van der Waals surface area contributed by atoms with Crippen molar-refractivity contribution in [3.8, 4) is 5.75 Å². The highest BCUT2D eigenvalue weighted by molar-refractivity contribution is 9.10. The van der Waals surface area contributed by atoms with E-state index < -0.39 is 33.1 Å². The van der Waals surface area contributed by atoms with Gasteiger partial charge in [0, 0.05) is 29.3 Å². The molecule has 2 aromatic carbocycles. The summed E-state index contributed by atoms with van der Waals surface area (Å²) in [5.41, 5.74) is 0.913. The number of rotatable bonds is 7. The van der Waals surface area contributed by atoms with Crippen molar-refractivity contribution in [3.63, 3.8) is 0 Å². The summed E-state index contributed by atoms with van der Waals surface area (Å²) in [5, 5.41) is 14.1. The number of anilines is 1. The fourth-order valence-corrected chi connectivity index (χ4v) is 5.11. The number of benzene rings is 2. The Morgan fingerprint density at radius 2 is 1.93 bits per heavy atom. The molecule has 11 heteroatoms. The second-order valence-electron chi connectivity index (χ2n) is 6.79. The Morgan fingerprint density at radius 1 is 1.23 bits per heavy atom. The highest BCUT2D eigenvalue weighted by Gasteiger charge is 2.30. The minimum Gasteiger partial charge on any atom is -0.477 e. The van der Waals surface area contributed by atoms with Gasteiger partial charge in [0.05, 0.1) is 9.82 Å². The quantitative estimate of drug-likeness (QED) is 0.461. The van der Waals surface area contributed by atoms with Crippen molar-refractivity contribution in [1.82, 2.24) is 4.31 Å². The van der Waals surface area contributed by atoms with Crippen LogP contribution in [-0.4, -0.2) is 43.2 Å². The molecular weight excluding hydrogens is 478 g/mol. The fraction of sp³-hybridized carbons (Fsp3) is 0.316. The van der Waals surface area contributed by atoms with Gasteiger partial charge in [-0.25, -0.2) is 8.42 Å². The molecule has 0 aliphatic carbocycles. The van der Waals surface area contributed by atoms with E-state index in [-0.39, 0.29) is 10.6 Å². The second kappa shape index (κ2) is 9.11. The van der Waals surface area contributed by atoms with Crippen molar-refractivity contribution < 1.29 is 22.9 Å². The van der Waals surface area contributed by atoms with Gasteiger partial charge >= 0.3 is 5.69 Å². The number of nitro benzene ring substituents is 1. The second-order valence-corrected chi connectivity index (χ2v) is 9.65. The van der Waals surface area contributed by atoms with Gasteiger partial charge in [-0.05, 0) is 55.7 Å². The Labute approximate surface area is 182 Å². The molecule has 1 aliphatic heterocycles. The number of hydrogen-bond acceptors (Lipinski definition) is 6. The number of nitrogens with one attached hydrogen (secondary N) is 1. The molecule has 1 fully saturated rings. The third-order valence-corrected chi connectivity index (χ3v) is 7.04. The van der Waals surface area contributed by atoms with E-state index in [1.54, 1.807) is 12.1 Å². The summed E-state index contributed by atoms with van der Waals surface area (Å²) in [6.45, 7) is 2.15. The van der Waals surface area contributed by atoms with Gasteiger partial charge in [-0.15, -0.1) is 0 Å². The van der Waals surface area contributed by atoms with Gasteiger partial charge in [0.1, 0.15) is 0 Å².